The molecule has 124 valence electrons. The summed E-state index contributed by atoms with van der Waals surface area (Å²) in [6.07, 6.45) is 11.0. The molecule has 3 heteroatoms. The largest absolute Gasteiger partial charge is 0.375 e. The second-order valence-electron chi connectivity index (χ2n) is 7.41. The normalized spacial score (nSPS) is 41.1. The van der Waals surface area contributed by atoms with E-state index < -0.39 is 0 Å². The van der Waals surface area contributed by atoms with Crippen LogP contribution in [0.2, 0.25) is 0 Å². The molecule has 2 atom stereocenters. The summed E-state index contributed by atoms with van der Waals surface area (Å²) in [5, 5.41) is 3.38. The Morgan fingerprint density at radius 3 is 2.29 bits per heavy atom. The second-order valence-corrected chi connectivity index (χ2v) is 7.41. The molecule has 0 aromatic carbocycles. The van der Waals surface area contributed by atoms with Gasteiger partial charge in [-0.1, -0.05) is 19.8 Å². The minimum absolute atomic E-state index is 0.0699. The summed E-state index contributed by atoms with van der Waals surface area (Å²) in [6, 6.07) is 0. The van der Waals surface area contributed by atoms with Crippen LogP contribution in [0.15, 0.2) is 0 Å². The fourth-order valence-electron chi connectivity index (χ4n) is 4.35. The molecule has 1 aliphatic carbocycles. The average molecular weight is 297 g/mol. The van der Waals surface area contributed by atoms with E-state index in [2.05, 4.69) is 33.1 Å². The van der Waals surface area contributed by atoms with Gasteiger partial charge in [-0.2, -0.15) is 0 Å². The molecule has 21 heavy (non-hydrogen) atoms. The van der Waals surface area contributed by atoms with Gasteiger partial charge in [0.05, 0.1) is 23.9 Å². The topological polar surface area (TPSA) is 30.5 Å². The Kier molecular flexibility index (Phi) is 6.51. The van der Waals surface area contributed by atoms with E-state index >= 15 is 0 Å². The van der Waals surface area contributed by atoms with Crippen LogP contribution in [0.4, 0.5) is 0 Å². The molecular formula is C18H35NO2. The summed E-state index contributed by atoms with van der Waals surface area (Å²) >= 11 is 0. The molecule has 1 aliphatic heterocycles. The van der Waals surface area contributed by atoms with Gasteiger partial charge in [0.25, 0.3) is 0 Å². The van der Waals surface area contributed by atoms with Crippen LogP contribution in [-0.2, 0) is 9.47 Å². The van der Waals surface area contributed by atoms with Gasteiger partial charge in [0.1, 0.15) is 0 Å². The number of nitrogens with one attached hydrogen (secondary N) is 1. The maximum absolute atomic E-state index is 6.69. The molecule has 0 aromatic rings. The van der Waals surface area contributed by atoms with Gasteiger partial charge in [-0.3, -0.25) is 0 Å². The van der Waals surface area contributed by atoms with Crippen molar-refractivity contribution in [1.82, 2.24) is 5.32 Å². The van der Waals surface area contributed by atoms with Gasteiger partial charge in [-0.25, -0.2) is 0 Å². The Morgan fingerprint density at radius 1 is 1.14 bits per heavy atom. The molecule has 0 aromatic heterocycles. The first-order valence-electron chi connectivity index (χ1n) is 9.04. The third-order valence-electron chi connectivity index (χ3n) is 5.28. The van der Waals surface area contributed by atoms with E-state index in [9.17, 15) is 0 Å². The maximum Gasteiger partial charge on any atom is 0.0810 e. The summed E-state index contributed by atoms with van der Waals surface area (Å²) in [6.45, 7) is 7.65. The first-order chi connectivity index (χ1) is 10.1. The fourth-order valence-corrected chi connectivity index (χ4v) is 4.35. The lowest BCUT2D eigenvalue weighted by Crippen LogP contribution is -2.49. The monoisotopic (exact) mass is 297 g/mol. The van der Waals surface area contributed by atoms with Crippen molar-refractivity contribution in [3.63, 3.8) is 0 Å². The van der Waals surface area contributed by atoms with Crippen LogP contribution in [0.25, 0.3) is 0 Å². The van der Waals surface area contributed by atoms with E-state index in [1.807, 2.05) is 0 Å². The molecule has 3 nitrogen and oxygen atoms in total. The van der Waals surface area contributed by atoms with Crippen LogP contribution in [0.5, 0.6) is 0 Å². The summed E-state index contributed by atoms with van der Waals surface area (Å²) < 4.78 is 12.5. The predicted octanol–water partition coefficient (Wildman–Crippen LogP) is 3.91. The van der Waals surface area contributed by atoms with Crippen LogP contribution in [0.1, 0.15) is 72.1 Å². The van der Waals surface area contributed by atoms with Crippen LogP contribution in [0, 0.1) is 5.92 Å². The molecule has 2 unspecified atom stereocenters. The number of ether oxygens (including phenoxy) is 2. The minimum atomic E-state index is 0.0699. The number of hydrogen-bond acceptors (Lipinski definition) is 3. The van der Waals surface area contributed by atoms with Gasteiger partial charge in [0.2, 0.25) is 0 Å². The lowest BCUT2D eigenvalue weighted by molar-refractivity contribution is -0.169. The van der Waals surface area contributed by atoms with Crippen LogP contribution in [-0.4, -0.2) is 37.5 Å². The van der Waals surface area contributed by atoms with Crippen LogP contribution in [0.3, 0.4) is 0 Å². The van der Waals surface area contributed by atoms with Crippen molar-refractivity contribution in [3.8, 4) is 0 Å². The molecule has 1 heterocycles. The van der Waals surface area contributed by atoms with Crippen molar-refractivity contribution in [2.75, 3.05) is 13.6 Å². The van der Waals surface area contributed by atoms with Crippen molar-refractivity contribution < 1.29 is 9.47 Å². The molecule has 0 spiro atoms. The zero-order valence-corrected chi connectivity index (χ0v) is 14.5. The van der Waals surface area contributed by atoms with Gasteiger partial charge >= 0.3 is 0 Å². The van der Waals surface area contributed by atoms with E-state index in [0.717, 1.165) is 25.3 Å². The predicted molar refractivity (Wildman–Crippen MR) is 87.6 cm³/mol. The smallest absolute Gasteiger partial charge is 0.0810 e. The number of hydrogen-bond donors (Lipinski definition) is 1. The van der Waals surface area contributed by atoms with Gasteiger partial charge in [0.15, 0.2) is 0 Å². The minimum Gasteiger partial charge on any atom is -0.375 e. The van der Waals surface area contributed by atoms with E-state index in [-0.39, 0.29) is 5.60 Å². The van der Waals surface area contributed by atoms with Gasteiger partial charge < -0.3 is 14.8 Å². The second kappa shape index (κ2) is 7.94. The van der Waals surface area contributed by atoms with E-state index in [4.69, 9.17) is 9.47 Å². The highest BCUT2D eigenvalue weighted by Gasteiger charge is 2.39. The molecule has 2 rings (SSSR count). The molecule has 2 aliphatic rings. The molecule has 0 radical (unpaired) electrons. The average Bonchev–Trinajstić information content (AvgIpc) is 2.41. The lowest BCUT2D eigenvalue weighted by Gasteiger charge is -2.44. The zero-order chi connectivity index (χ0) is 15.3. The molecule has 2 fully saturated rings. The third kappa shape index (κ3) is 4.94. The van der Waals surface area contributed by atoms with E-state index in [0.29, 0.717) is 18.3 Å². The third-order valence-corrected chi connectivity index (χ3v) is 5.28. The molecule has 0 bridgehead atoms. The molecule has 1 N–H and O–H groups in total. The number of rotatable bonds is 6. The molecule has 0 amide bonds. The highest BCUT2D eigenvalue weighted by atomic mass is 16.5. The Morgan fingerprint density at radius 2 is 1.76 bits per heavy atom. The number of likely N-dealkylation sites (N-methyl/N-ethyl adjacent to an activating group) is 1. The van der Waals surface area contributed by atoms with Gasteiger partial charge in [-0.05, 0) is 65.3 Å². The first-order valence-corrected chi connectivity index (χ1v) is 9.04. The van der Waals surface area contributed by atoms with Crippen LogP contribution >= 0.6 is 0 Å². The highest BCUT2D eigenvalue weighted by Crippen LogP contribution is 2.39. The lowest BCUT2D eigenvalue weighted by atomic mass is 9.76. The summed E-state index contributed by atoms with van der Waals surface area (Å²) in [5.74, 6) is 0.927. The van der Waals surface area contributed by atoms with E-state index in [1.54, 1.807) is 0 Å². The molecular weight excluding hydrogens is 262 g/mol. The molecule has 1 saturated heterocycles. The zero-order valence-electron chi connectivity index (χ0n) is 14.5. The van der Waals surface area contributed by atoms with Gasteiger partial charge in [-0.15, -0.1) is 0 Å². The summed E-state index contributed by atoms with van der Waals surface area (Å²) in [5.41, 5.74) is 0.0699. The van der Waals surface area contributed by atoms with Crippen molar-refractivity contribution in [2.45, 2.75) is 96.1 Å². The SMILES string of the molecule is CCCC1CCC(CNC)(OC2CC(C)OC(C)C2)CC1. The maximum atomic E-state index is 6.69. The van der Waals surface area contributed by atoms with Gasteiger partial charge in [0, 0.05) is 6.54 Å². The van der Waals surface area contributed by atoms with Crippen molar-refractivity contribution in [1.29, 1.82) is 0 Å². The molecule has 1 saturated carbocycles. The Labute approximate surface area is 131 Å². The van der Waals surface area contributed by atoms with Crippen molar-refractivity contribution >= 4 is 0 Å². The summed E-state index contributed by atoms with van der Waals surface area (Å²) in [4.78, 5) is 0. The van der Waals surface area contributed by atoms with Crippen molar-refractivity contribution in [3.05, 3.63) is 0 Å². The first kappa shape index (κ1) is 17.2. The Bertz CT molecular complexity index is 290. The fraction of sp³-hybridized carbons (Fsp3) is 1.00. The highest BCUT2D eigenvalue weighted by molar-refractivity contribution is 4.91. The standard InChI is InChI=1S/C18H35NO2/c1-5-6-16-7-9-18(10-8-16,13-19-4)21-17-11-14(2)20-15(3)12-17/h14-17,19H,5-13H2,1-4H3. The van der Waals surface area contributed by atoms with Crippen molar-refractivity contribution in [2.24, 2.45) is 5.92 Å². The quantitative estimate of drug-likeness (QED) is 0.806. The van der Waals surface area contributed by atoms with Crippen LogP contribution < -0.4 is 5.32 Å². The van der Waals surface area contributed by atoms with E-state index in [1.165, 1.54) is 38.5 Å². The Balaban J connectivity index is 1.92. The summed E-state index contributed by atoms with van der Waals surface area (Å²) in [7, 11) is 2.05. The Hall–Kier alpha value is -0.120.